The molecular weight excluding hydrogens is 252 g/mol. The maximum absolute atomic E-state index is 11.4. The highest BCUT2D eigenvalue weighted by Crippen LogP contribution is 2.01. The molecular formula is C12H12N2O5. The van der Waals surface area contributed by atoms with Crippen molar-refractivity contribution in [2.45, 2.75) is 12.6 Å². The van der Waals surface area contributed by atoms with Crippen molar-refractivity contribution >= 4 is 18.2 Å². The summed E-state index contributed by atoms with van der Waals surface area (Å²) >= 11 is 0. The Bertz CT molecular complexity index is 488. The number of esters is 1. The third kappa shape index (κ3) is 3.70. The minimum Gasteiger partial charge on any atom is -0.445 e. The topological polar surface area (TPSA) is 93.7 Å². The molecule has 2 rings (SSSR count). The Balaban J connectivity index is 1.70. The molecule has 1 aromatic rings. The third-order valence-electron chi connectivity index (χ3n) is 2.43. The fourth-order valence-electron chi connectivity index (χ4n) is 1.49. The average molecular weight is 264 g/mol. The number of amides is 2. The molecule has 2 N–H and O–H groups in total. The molecule has 7 heteroatoms. The van der Waals surface area contributed by atoms with Gasteiger partial charge in [-0.15, -0.1) is 0 Å². The fraction of sp³-hybridized carbons (Fsp3) is 0.250. The number of carbonyl (C=O) groups is 3. The Morgan fingerprint density at radius 2 is 2.05 bits per heavy atom. The number of hydrogen-bond donors (Lipinski definition) is 2. The van der Waals surface area contributed by atoms with Crippen LogP contribution in [0.5, 0.6) is 0 Å². The number of rotatable bonds is 4. The number of cyclic esters (lactones) is 2. The number of nitrogens with one attached hydrogen (secondary N) is 2. The Kier molecular flexibility index (Phi) is 3.97. The van der Waals surface area contributed by atoms with E-state index in [0.717, 1.165) is 5.56 Å². The van der Waals surface area contributed by atoms with Gasteiger partial charge in [0, 0.05) is 0 Å². The maximum Gasteiger partial charge on any atom is 0.415 e. The molecule has 1 heterocycles. The van der Waals surface area contributed by atoms with Crippen LogP contribution in [-0.4, -0.2) is 30.7 Å². The summed E-state index contributed by atoms with van der Waals surface area (Å²) in [5.41, 5.74) is 0.853. The predicted octanol–water partition coefficient (Wildman–Crippen LogP) is 0.548. The zero-order valence-corrected chi connectivity index (χ0v) is 9.92. The number of hydrogen-bond acceptors (Lipinski definition) is 5. The summed E-state index contributed by atoms with van der Waals surface area (Å²) in [5, 5.41) is 4.62. The second kappa shape index (κ2) is 5.85. The highest BCUT2D eigenvalue weighted by molar-refractivity contribution is 5.95. The van der Waals surface area contributed by atoms with Gasteiger partial charge in [0.05, 0.1) is 6.54 Å². The van der Waals surface area contributed by atoms with Gasteiger partial charge < -0.3 is 20.1 Å². The maximum atomic E-state index is 11.4. The fourth-order valence-corrected chi connectivity index (χ4v) is 1.49. The molecule has 1 fully saturated rings. The van der Waals surface area contributed by atoms with Crippen molar-refractivity contribution in [3.05, 3.63) is 35.9 Å². The number of carbonyl (C=O) groups excluding carboxylic acids is 3. The van der Waals surface area contributed by atoms with Crippen LogP contribution in [0.4, 0.5) is 9.59 Å². The first-order chi connectivity index (χ1) is 9.15. The lowest BCUT2D eigenvalue weighted by atomic mass is 10.2. The molecule has 1 unspecified atom stereocenters. The van der Waals surface area contributed by atoms with Crippen LogP contribution in [0.15, 0.2) is 30.3 Å². The van der Waals surface area contributed by atoms with Crippen molar-refractivity contribution in [1.82, 2.24) is 10.6 Å². The van der Waals surface area contributed by atoms with Crippen LogP contribution in [0.2, 0.25) is 0 Å². The molecule has 100 valence electrons. The lowest BCUT2D eigenvalue weighted by Crippen LogP contribution is -2.41. The number of alkyl carbamates (subject to hydrolysis) is 2. The molecule has 2 amide bonds. The van der Waals surface area contributed by atoms with E-state index in [4.69, 9.17) is 4.74 Å². The number of ether oxygens (including phenoxy) is 2. The second-order valence-electron chi connectivity index (χ2n) is 3.85. The van der Waals surface area contributed by atoms with Gasteiger partial charge >= 0.3 is 18.2 Å². The Morgan fingerprint density at radius 3 is 2.68 bits per heavy atom. The molecule has 0 bridgehead atoms. The molecule has 19 heavy (non-hydrogen) atoms. The molecule has 1 atom stereocenters. The highest BCUT2D eigenvalue weighted by Gasteiger charge is 2.32. The molecule has 0 aromatic heterocycles. The predicted molar refractivity (Wildman–Crippen MR) is 63.0 cm³/mol. The smallest absolute Gasteiger partial charge is 0.415 e. The lowest BCUT2D eigenvalue weighted by Gasteiger charge is -2.08. The Hall–Kier alpha value is -2.57. The molecule has 0 aliphatic carbocycles. The quantitative estimate of drug-likeness (QED) is 0.611. The van der Waals surface area contributed by atoms with Gasteiger partial charge in [-0.1, -0.05) is 30.3 Å². The highest BCUT2D eigenvalue weighted by atomic mass is 16.6. The summed E-state index contributed by atoms with van der Waals surface area (Å²) < 4.78 is 9.19. The summed E-state index contributed by atoms with van der Waals surface area (Å²) in [6, 6.07) is 8.31. The average Bonchev–Trinajstić information content (AvgIpc) is 2.73. The van der Waals surface area contributed by atoms with Crippen LogP contribution in [0.3, 0.4) is 0 Å². The zero-order chi connectivity index (χ0) is 13.7. The van der Waals surface area contributed by atoms with E-state index >= 15 is 0 Å². The van der Waals surface area contributed by atoms with Crippen molar-refractivity contribution in [2.75, 3.05) is 6.54 Å². The van der Waals surface area contributed by atoms with Gasteiger partial charge in [-0.25, -0.2) is 14.4 Å². The largest absolute Gasteiger partial charge is 0.445 e. The van der Waals surface area contributed by atoms with Crippen molar-refractivity contribution in [3.8, 4) is 0 Å². The molecule has 7 nitrogen and oxygen atoms in total. The van der Waals surface area contributed by atoms with Gasteiger partial charge in [0.2, 0.25) is 0 Å². The van der Waals surface area contributed by atoms with Crippen molar-refractivity contribution in [2.24, 2.45) is 0 Å². The van der Waals surface area contributed by atoms with Crippen molar-refractivity contribution < 1.29 is 23.9 Å². The van der Waals surface area contributed by atoms with E-state index in [2.05, 4.69) is 15.4 Å². The first-order valence-corrected chi connectivity index (χ1v) is 5.62. The van der Waals surface area contributed by atoms with Gasteiger partial charge in [0.25, 0.3) is 0 Å². The van der Waals surface area contributed by atoms with Gasteiger partial charge in [0.1, 0.15) is 12.6 Å². The Labute approximate surface area is 108 Å². The van der Waals surface area contributed by atoms with Crippen LogP contribution in [0.1, 0.15) is 5.56 Å². The van der Waals surface area contributed by atoms with E-state index in [1.54, 1.807) is 0 Å². The van der Waals surface area contributed by atoms with Crippen LogP contribution in [-0.2, 0) is 20.9 Å². The first-order valence-electron chi connectivity index (χ1n) is 5.62. The minimum atomic E-state index is -0.864. The molecule has 1 saturated heterocycles. The van der Waals surface area contributed by atoms with E-state index in [1.807, 2.05) is 30.3 Å². The minimum absolute atomic E-state index is 0.0712. The van der Waals surface area contributed by atoms with E-state index in [0.29, 0.717) is 0 Å². The van der Waals surface area contributed by atoms with Gasteiger partial charge in [-0.3, -0.25) is 0 Å². The molecule has 0 radical (unpaired) electrons. The molecule has 0 spiro atoms. The second-order valence-corrected chi connectivity index (χ2v) is 3.85. The monoisotopic (exact) mass is 264 g/mol. The normalized spacial score (nSPS) is 17.6. The molecule has 1 aromatic carbocycles. The van der Waals surface area contributed by atoms with Crippen LogP contribution in [0, 0.1) is 0 Å². The van der Waals surface area contributed by atoms with Crippen LogP contribution < -0.4 is 10.6 Å². The van der Waals surface area contributed by atoms with Gasteiger partial charge in [-0.2, -0.15) is 0 Å². The van der Waals surface area contributed by atoms with E-state index < -0.39 is 24.2 Å². The van der Waals surface area contributed by atoms with Gasteiger partial charge in [-0.05, 0) is 5.56 Å². The lowest BCUT2D eigenvalue weighted by molar-refractivity contribution is -0.135. The molecule has 1 aliphatic rings. The van der Waals surface area contributed by atoms with Crippen molar-refractivity contribution in [3.63, 3.8) is 0 Å². The van der Waals surface area contributed by atoms with E-state index in [-0.39, 0.29) is 13.2 Å². The summed E-state index contributed by atoms with van der Waals surface area (Å²) in [6.45, 7) is 0.0618. The molecule has 1 aliphatic heterocycles. The summed E-state index contributed by atoms with van der Waals surface area (Å²) in [5.74, 6) is -0.714. The Morgan fingerprint density at radius 1 is 1.32 bits per heavy atom. The SMILES string of the molecule is O=C(NCC1NC(=O)OC1=O)OCc1ccccc1. The molecule has 0 saturated carbocycles. The first kappa shape index (κ1) is 12.9. The number of benzene rings is 1. The summed E-state index contributed by atoms with van der Waals surface area (Å²) in [6.07, 6.45) is -1.48. The van der Waals surface area contributed by atoms with Crippen LogP contribution in [0.25, 0.3) is 0 Å². The van der Waals surface area contributed by atoms with E-state index in [1.165, 1.54) is 0 Å². The van der Waals surface area contributed by atoms with Crippen molar-refractivity contribution in [1.29, 1.82) is 0 Å². The zero-order valence-electron chi connectivity index (χ0n) is 9.92. The van der Waals surface area contributed by atoms with Crippen LogP contribution >= 0.6 is 0 Å². The third-order valence-corrected chi connectivity index (χ3v) is 2.43. The summed E-state index contributed by atoms with van der Waals surface area (Å²) in [4.78, 5) is 33.2. The standard InChI is InChI=1S/C12H12N2O5/c15-10-9(14-12(17)19-10)6-13-11(16)18-7-8-4-2-1-3-5-8/h1-5,9H,6-7H2,(H,13,16)(H,14,17). The van der Waals surface area contributed by atoms with Gasteiger partial charge in [0.15, 0.2) is 0 Å². The summed E-state index contributed by atoms with van der Waals surface area (Å²) in [7, 11) is 0. The van der Waals surface area contributed by atoms with E-state index in [9.17, 15) is 14.4 Å².